The van der Waals surface area contributed by atoms with E-state index in [-0.39, 0.29) is 18.3 Å². The van der Waals surface area contributed by atoms with Crippen LogP contribution in [0.1, 0.15) is 22.3 Å². The summed E-state index contributed by atoms with van der Waals surface area (Å²) in [4.78, 5) is 0. The number of aliphatic hydroxyl groups is 1. The van der Waals surface area contributed by atoms with Crippen LogP contribution in [0.2, 0.25) is 0 Å². The molecule has 1 N–H and O–H groups in total. The van der Waals surface area contributed by atoms with Crippen LogP contribution in [0.15, 0.2) is 109 Å². The summed E-state index contributed by atoms with van der Waals surface area (Å²) in [6.45, 7) is 2.67. The van der Waals surface area contributed by atoms with E-state index in [2.05, 4.69) is 0 Å². The van der Waals surface area contributed by atoms with E-state index in [9.17, 15) is 5.11 Å². The highest BCUT2D eigenvalue weighted by atomic mass is 32.1. The normalized spacial score (nSPS) is 21.6. The molecule has 1 saturated heterocycles. The van der Waals surface area contributed by atoms with Crippen LogP contribution in [0.3, 0.4) is 0 Å². The summed E-state index contributed by atoms with van der Waals surface area (Å²) < 4.78 is 36.8. The Hall–Kier alpha value is -3.79. The molecule has 0 radical (unpaired) electrons. The second kappa shape index (κ2) is 15.1. The van der Waals surface area contributed by atoms with Gasteiger partial charge in [0.1, 0.15) is 23.7 Å². The van der Waals surface area contributed by atoms with Crippen LogP contribution in [0, 0.1) is 6.92 Å². The predicted octanol–water partition coefficient (Wildman–Crippen LogP) is 6.03. The van der Waals surface area contributed by atoms with Crippen LogP contribution in [0.25, 0.3) is 0 Å². The van der Waals surface area contributed by atoms with E-state index in [4.69, 9.17) is 40.6 Å². The van der Waals surface area contributed by atoms with Gasteiger partial charge in [-0.05, 0) is 60.1 Å². The lowest BCUT2D eigenvalue weighted by molar-refractivity contribution is -0.289. The summed E-state index contributed by atoms with van der Waals surface area (Å²) in [5.41, 5.74) is 3.69. The van der Waals surface area contributed by atoms with E-state index >= 15 is 0 Å². The maximum atomic E-state index is 11.7. The second-order valence-electron chi connectivity index (χ2n) is 10.3. The molecule has 1 fully saturated rings. The lowest BCUT2D eigenvalue weighted by atomic mass is 9.98. The van der Waals surface area contributed by atoms with Gasteiger partial charge in [-0.1, -0.05) is 84.9 Å². The molecule has 224 valence electrons. The Bertz CT molecular complexity index is 1430. The molecule has 4 aromatic carbocycles. The number of hydrogen-bond donors (Lipinski definition) is 1. The lowest BCUT2D eigenvalue weighted by Gasteiger charge is -2.44. The first-order chi connectivity index (χ1) is 21.0. The summed E-state index contributed by atoms with van der Waals surface area (Å²) in [5, 5.41) is 11.9. The molecule has 0 saturated carbocycles. The predicted molar refractivity (Wildman–Crippen MR) is 167 cm³/mol. The van der Waals surface area contributed by atoms with Crippen molar-refractivity contribution in [1.29, 1.82) is 0 Å². The molecule has 7 nitrogen and oxygen atoms in total. The quantitative estimate of drug-likeness (QED) is 0.198. The fourth-order valence-electron chi connectivity index (χ4n) is 4.85. The Labute approximate surface area is 257 Å². The van der Waals surface area contributed by atoms with E-state index in [1.165, 1.54) is 0 Å². The zero-order valence-corrected chi connectivity index (χ0v) is 25.0. The van der Waals surface area contributed by atoms with Gasteiger partial charge in [0.2, 0.25) is 6.29 Å². The minimum Gasteiger partial charge on any atom is -0.497 e. The zero-order valence-electron chi connectivity index (χ0n) is 24.2. The Morgan fingerprint density at radius 3 is 2.02 bits per heavy atom. The minimum atomic E-state index is -1.13. The fourth-order valence-corrected chi connectivity index (χ4v) is 5.19. The lowest BCUT2D eigenvalue weighted by Crippen LogP contribution is -2.62. The molecule has 5 atom stereocenters. The van der Waals surface area contributed by atoms with Gasteiger partial charge < -0.3 is 33.5 Å². The second-order valence-corrected chi connectivity index (χ2v) is 10.6. The van der Waals surface area contributed by atoms with Crippen molar-refractivity contribution in [1.82, 2.24) is 0 Å². The number of methoxy groups -OCH3 is 1. The van der Waals surface area contributed by atoms with Crippen molar-refractivity contribution in [3.63, 3.8) is 0 Å². The van der Waals surface area contributed by atoms with Crippen LogP contribution in [0.4, 0.5) is 0 Å². The van der Waals surface area contributed by atoms with Gasteiger partial charge >= 0.3 is 0 Å². The number of aliphatic hydroxyl groups excluding tert-OH is 1. The number of hydrogen-bond acceptors (Lipinski definition) is 8. The van der Waals surface area contributed by atoms with Crippen molar-refractivity contribution in [2.45, 2.75) is 50.8 Å². The zero-order chi connectivity index (χ0) is 30.0. The molecule has 1 aliphatic rings. The average molecular weight is 601 g/mol. The van der Waals surface area contributed by atoms with Crippen molar-refractivity contribution >= 4 is 17.3 Å². The van der Waals surface area contributed by atoms with Crippen LogP contribution < -0.4 is 9.47 Å². The van der Waals surface area contributed by atoms with Crippen molar-refractivity contribution in [2.75, 3.05) is 13.7 Å². The fraction of sp³-hybridized carbons (Fsp3) is 0.286. The molecular weight excluding hydrogens is 564 g/mol. The van der Waals surface area contributed by atoms with Gasteiger partial charge in [-0.2, -0.15) is 0 Å². The molecule has 0 bridgehead atoms. The van der Waals surface area contributed by atoms with Crippen LogP contribution in [-0.4, -0.2) is 54.6 Å². The SMILES string of the molecule is COc1ccc(O[C@@H]2O[C@H](COCc3ccccc3)[C@H](O)[C@H](OC(=S)c3ccccc3C)[C@H]2OCc2ccccc2)cc1. The number of rotatable bonds is 12. The molecule has 43 heavy (non-hydrogen) atoms. The highest BCUT2D eigenvalue weighted by molar-refractivity contribution is 7.80. The summed E-state index contributed by atoms with van der Waals surface area (Å²) in [5.74, 6) is 1.24. The third-order valence-corrected chi connectivity index (χ3v) is 7.53. The van der Waals surface area contributed by atoms with Crippen molar-refractivity contribution in [3.8, 4) is 11.5 Å². The molecule has 4 aromatic rings. The van der Waals surface area contributed by atoms with Gasteiger partial charge in [0, 0.05) is 5.56 Å². The standard InChI is InChI=1S/C35H36O7S/c1-24-11-9-10-16-29(24)35(43)42-32-31(36)30(23-38-21-25-12-5-3-6-13-25)41-34(40-28-19-17-27(37-2)18-20-28)33(32)39-22-26-14-7-4-8-15-26/h3-20,30-34,36H,21-23H2,1-2H3/t30-,31+,32+,33-,34-/m1/s1. The molecule has 0 spiro atoms. The summed E-state index contributed by atoms with van der Waals surface area (Å²) in [7, 11) is 1.61. The molecule has 0 aliphatic carbocycles. The Kier molecular flexibility index (Phi) is 10.8. The molecule has 0 unspecified atom stereocenters. The molecule has 0 aromatic heterocycles. The van der Waals surface area contributed by atoms with Gasteiger partial charge in [0.05, 0.1) is 26.9 Å². The highest BCUT2D eigenvalue weighted by Crippen LogP contribution is 2.31. The number of aryl methyl sites for hydroxylation is 1. The first kappa shape index (κ1) is 30.7. The Morgan fingerprint density at radius 2 is 1.37 bits per heavy atom. The third kappa shape index (κ3) is 8.19. The molecule has 5 rings (SSSR count). The molecule has 1 heterocycles. The van der Waals surface area contributed by atoms with E-state index in [1.807, 2.05) is 91.9 Å². The maximum absolute atomic E-state index is 11.7. The largest absolute Gasteiger partial charge is 0.497 e. The van der Waals surface area contributed by atoms with Gasteiger partial charge in [-0.3, -0.25) is 0 Å². The van der Waals surface area contributed by atoms with E-state index < -0.39 is 30.7 Å². The number of thiocarbonyl (C=S) groups is 1. The van der Waals surface area contributed by atoms with Gasteiger partial charge in [0.15, 0.2) is 17.3 Å². The van der Waals surface area contributed by atoms with E-state index in [0.717, 1.165) is 22.3 Å². The van der Waals surface area contributed by atoms with Crippen molar-refractivity contribution in [3.05, 3.63) is 131 Å². The minimum absolute atomic E-state index is 0.0981. The summed E-state index contributed by atoms with van der Waals surface area (Å²) in [6.07, 6.45) is -4.62. The highest BCUT2D eigenvalue weighted by Gasteiger charge is 2.49. The summed E-state index contributed by atoms with van der Waals surface area (Å²) in [6, 6.07) is 34.5. The third-order valence-electron chi connectivity index (χ3n) is 7.22. The molecule has 1 aliphatic heterocycles. The average Bonchev–Trinajstić information content (AvgIpc) is 3.04. The number of ether oxygens (including phenoxy) is 6. The number of benzene rings is 4. The van der Waals surface area contributed by atoms with Crippen LogP contribution >= 0.6 is 12.2 Å². The topological polar surface area (TPSA) is 75.6 Å². The smallest absolute Gasteiger partial charge is 0.230 e. The maximum Gasteiger partial charge on any atom is 0.230 e. The Morgan fingerprint density at radius 1 is 0.767 bits per heavy atom. The van der Waals surface area contributed by atoms with E-state index in [0.29, 0.717) is 18.1 Å². The monoisotopic (exact) mass is 600 g/mol. The molecule has 8 heteroatoms. The van der Waals surface area contributed by atoms with Crippen LogP contribution in [-0.2, 0) is 32.2 Å². The van der Waals surface area contributed by atoms with Crippen LogP contribution in [0.5, 0.6) is 11.5 Å². The first-order valence-corrected chi connectivity index (χ1v) is 14.6. The first-order valence-electron chi connectivity index (χ1n) is 14.2. The van der Waals surface area contributed by atoms with Crippen molar-refractivity contribution < 1.29 is 33.5 Å². The van der Waals surface area contributed by atoms with E-state index in [1.54, 1.807) is 31.4 Å². The van der Waals surface area contributed by atoms with Crippen molar-refractivity contribution in [2.24, 2.45) is 0 Å². The molecular formula is C35H36O7S. The van der Waals surface area contributed by atoms with Gasteiger partial charge in [-0.25, -0.2) is 0 Å². The van der Waals surface area contributed by atoms with Gasteiger partial charge in [0.25, 0.3) is 0 Å². The Balaban J connectivity index is 1.42. The molecule has 0 amide bonds. The van der Waals surface area contributed by atoms with Gasteiger partial charge in [-0.15, -0.1) is 0 Å². The summed E-state index contributed by atoms with van der Waals surface area (Å²) >= 11 is 5.74.